The molecule has 2 heterocycles. The van der Waals surface area contributed by atoms with Crippen LogP contribution in [0.1, 0.15) is 58.3 Å². The number of anilines is 1. The third kappa shape index (κ3) is 4.69. The molecule has 1 aromatic rings. The van der Waals surface area contributed by atoms with Crippen LogP contribution in [0.25, 0.3) is 0 Å². The molecule has 1 aliphatic heterocycles. The Morgan fingerprint density at radius 1 is 1.28 bits per heavy atom. The van der Waals surface area contributed by atoms with Gasteiger partial charge in [-0.2, -0.15) is 0 Å². The van der Waals surface area contributed by atoms with Crippen molar-refractivity contribution in [2.75, 3.05) is 18.4 Å². The molecule has 2 fully saturated rings. The highest BCUT2D eigenvalue weighted by Gasteiger charge is 2.34. The molecule has 1 amide bonds. The van der Waals surface area contributed by atoms with Crippen molar-refractivity contribution in [2.24, 2.45) is 5.92 Å². The largest absolute Gasteiger partial charge is 0.390 e. The number of carbonyl (C=O) groups excluding carboxylic acids is 1. The van der Waals surface area contributed by atoms with E-state index in [0.717, 1.165) is 19.3 Å². The van der Waals surface area contributed by atoms with Crippen molar-refractivity contribution in [1.29, 1.82) is 0 Å². The predicted molar refractivity (Wildman–Crippen MR) is 97.1 cm³/mol. The third-order valence-corrected chi connectivity index (χ3v) is 5.93. The highest BCUT2D eigenvalue weighted by Crippen LogP contribution is 2.31. The lowest BCUT2D eigenvalue weighted by molar-refractivity contribution is -0.136. The maximum absolute atomic E-state index is 12.7. The second-order valence-electron chi connectivity index (χ2n) is 7.53. The van der Waals surface area contributed by atoms with Gasteiger partial charge in [-0.05, 0) is 44.1 Å². The van der Waals surface area contributed by atoms with Crippen LogP contribution in [0.2, 0.25) is 0 Å². The first-order valence-corrected chi connectivity index (χ1v) is 9.63. The number of rotatable bonds is 5. The highest BCUT2D eigenvalue weighted by atomic mass is 16.3. The zero-order chi connectivity index (χ0) is 17.7. The summed E-state index contributed by atoms with van der Waals surface area (Å²) in [4.78, 5) is 23.2. The minimum atomic E-state index is -0.573. The Bertz CT molecular complexity index is 558. The Kier molecular flexibility index (Phi) is 5.89. The van der Waals surface area contributed by atoms with E-state index < -0.39 is 5.60 Å². The van der Waals surface area contributed by atoms with E-state index in [0.29, 0.717) is 44.2 Å². The second kappa shape index (κ2) is 8.13. The first-order chi connectivity index (χ1) is 12.1. The van der Waals surface area contributed by atoms with Crippen molar-refractivity contribution >= 4 is 11.9 Å². The molecule has 3 rings (SSSR count). The van der Waals surface area contributed by atoms with Gasteiger partial charge < -0.3 is 15.3 Å². The summed E-state index contributed by atoms with van der Waals surface area (Å²) in [7, 11) is 0. The van der Waals surface area contributed by atoms with Crippen molar-refractivity contribution in [3.63, 3.8) is 0 Å². The number of aromatic nitrogens is 2. The van der Waals surface area contributed by atoms with E-state index in [1.165, 1.54) is 12.8 Å². The summed E-state index contributed by atoms with van der Waals surface area (Å²) in [6.07, 6.45) is 10.7. The van der Waals surface area contributed by atoms with Gasteiger partial charge in [0.15, 0.2) is 0 Å². The van der Waals surface area contributed by atoms with Crippen LogP contribution >= 0.6 is 0 Å². The summed E-state index contributed by atoms with van der Waals surface area (Å²) in [6.45, 7) is 3.37. The SMILES string of the molecule is CCC1(O)CCN(C(=O)C[C@@H]2CCCC[C@@H]2Nc2ncccn2)CC1. The van der Waals surface area contributed by atoms with Gasteiger partial charge in [-0.1, -0.05) is 19.8 Å². The topological polar surface area (TPSA) is 78.4 Å². The average Bonchev–Trinajstić information content (AvgIpc) is 2.65. The number of nitrogens with one attached hydrogen (secondary N) is 1. The molecule has 1 aliphatic carbocycles. The van der Waals surface area contributed by atoms with Gasteiger partial charge in [0.2, 0.25) is 11.9 Å². The Labute approximate surface area is 150 Å². The predicted octanol–water partition coefficient (Wildman–Crippen LogP) is 2.60. The van der Waals surface area contributed by atoms with Crippen molar-refractivity contribution in [2.45, 2.75) is 69.9 Å². The van der Waals surface area contributed by atoms with E-state index in [1.54, 1.807) is 18.5 Å². The molecule has 1 aromatic heterocycles. The van der Waals surface area contributed by atoms with Crippen molar-refractivity contribution in [3.05, 3.63) is 18.5 Å². The third-order valence-electron chi connectivity index (χ3n) is 5.93. The number of aliphatic hydroxyl groups is 1. The standard InChI is InChI=1S/C19H30N4O2/c1-2-19(25)8-12-23(13-9-19)17(24)14-15-6-3-4-7-16(15)22-18-20-10-5-11-21-18/h5,10-11,15-16,25H,2-4,6-9,12-14H2,1H3,(H,20,21,22)/t15-,16-/m0/s1. The van der Waals surface area contributed by atoms with Gasteiger partial charge in [-0.3, -0.25) is 4.79 Å². The number of piperidine rings is 1. The molecule has 2 N–H and O–H groups in total. The van der Waals surface area contributed by atoms with Crippen LogP contribution in [0.5, 0.6) is 0 Å². The van der Waals surface area contributed by atoms with E-state index in [-0.39, 0.29) is 11.9 Å². The number of nitrogens with zero attached hydrogens (tertiary/aromatic N) is 3. The van der Waals surface area contributed by atoms with Crippen molar-refractivity contribution in [3.8, 4) is 0 Å². The van der Waals surface area contributed by atoms with Gasteiger partial charge >= 0.3 is 0 Å². The van der Waals surface area contributed by atoms with E-state index in [4.69, 9.17) is 0 Å². The molecule has 6 nitrogen and oxygen atoms in total. The van der Waals surface area contributed by atoms with E-state index in [9.17, 15) is 9.90 Å². The summed E-state index contributed by atoms with van der Waals surface area (Å²) in [5, 5.41) is 13.8. The number of carbonyl (C=O) groups is 1. The molecule has 1 saturated carbocycles. The van der Waals surface area contributed by atoms with E-state index >= 15 is 0 Å². The first-order valence-electron chi connectivity index (χ1n) is 9.63. The normalized spacial score (nSPS) is 26.2. The van der Waals surface area contributed by atoms with Gasteiger partial charge in [0.1, 0.15) is 0 Å². The summed E-state index contributed by atoms with van der Waals surface area (Å²) >= 11 is 0. The molecular weight excluding hydrogens is 316 g/mol. The van der Waals surface area contributed by atoms with Crippen LogP contribution in [0, 0.1) is 5.92 Å². The molecule has 25 heavy (non-hydrogen) atoms. The van der Waals surface area contributed by atoms with E-state index in [2.05, 4.69) is 15.3 Å². The van der Waals surface area contributed by atoms with Crippen molar-refractivity contribution in [1.82, 2.24) is 14.9 Å². The number of hydrogen-bond donors (Lipinski definition) is 2. The molecule has 2 atom stereocenters. The molecule has 6 heteroatoms. The van der Waals surface area contributed by atoms with Crippen molar-refractivity contribution < 1.29 is 9.90 Å². The van der Waals surface area contributed by atoms with Crippen LogP contribution in [0.4, 0.5) is 5.95 Å². The first kappa shape index (κ1) is 18.1. The summed E-state index contributed by atoms with van der Waals surface area (Å²) in [6, 6.07) is 2.07. The lowest BCUT2D eigenvalue weighted by Gasteiger charge is -2.39. The summed E-state index contributed by atoms with van der Waals surface area (Å²) in [5.41, 5.74) is -0.573. The quantitative estimate of drug-likeness (QED) is 0.857. The lowest BCUT2D eigenvalue weighted by Crippen LogP contribution is -2.47. The lowest BCUT2D eigenvalue weighted by atomic mass is 9.81. The minimum Gasteiger partial charge on any atom is -0.390 e. The zero-order valence-corrected chi connectivity index (χ0v) is 15.2. The fraction of sp³-hybridized carbons (Fsp3) is 0.737. The molecule has 0 radical (unpaired) electrons. The van der Waals surface area contributed by atoms with Crippen LogP contribution < -0.4 is 5.32 Å². The minimum absolute atomic E-state index is 0.228. The molecule has 1 saturated heterocycles. The van der Waals surface area contributed by atoms with Crippen LogP contribution in [0.3, 0.4) is 0 Å². The van der Waals surface area contributed by atoms with Gasteiger partial charge in [-0.15, -0.1) is 0 Å². The summed E-state index contributed by atoms with van der Waals surface area (Å²) < 4.78 is 0. The maximum Gasteiger partial charge on any atom is 0.222 e. The van der Waals surface area contributed by atoms with Gasteiger partial charge in [0.25, 0.3) is 0 Å². The Balaban J connectivity index is 1.55. The molecule has 138 valence electrons. The van der Waals surface area contributed by atoms with Crippen LogP contribution in [0.15, 0.2) is 18.5 Å². The molecule has 2 aliphatic rings. The van der Waals surface area contributed by atoms with Gasteiger partial charge in [0.05, 0.1) is 5.60 Å². The van der Waals surface area contributed by atoms with E-state index in [1.807, 2.05) is 11.8 Å². The molecule has 0 bridgehead atoms. The molecule has 0 aromatic carbocycles. The Morgan fingerprint density at radius 2 is 1.96 bits per heavy atom. The Morgan fingerprint density at radius 3 is 2.64 bits per heavy atom. The maximum atomic E-state index is 12.7. The van der Waals surface area contributed by atoms with Gasteiger partial charge in [0, 0.05) is 37.9 Å². The number of amides is 1. The Hall–Kier alpha value is -1.69. The van der Waals surface area contributed by atoms with Gasteiger partial charge in [-0.25, -0.2) is 9.97 Å². The smallest absolute Gasteiger partial charge is 0.222 e. The fourth-order valence-corrected chi connectivity index (χ4v) is 4.06. The zero-order valence-electron chi connectivity index (χ0n) is 15.2. The molecule has 0 unspecified atom stereocenters. The summed E-state index contributed by atoms with van der Waals surface area (Å²) in [5.74, 6) is 1.21. The number of likely N-dealkylation sites (tertiary alicyclic amines) is 1. The monoisotopic (exact) mass is 346 g/mol. The molecular formula is C19H30N4O2. The fourth-order valence-electron chi connectivity index (χ4n) is 4.06. The highest BCUT2D eigenvalue weighted by molar-refractivity contribution is 5.76. The second-order valence-corrected chi connectivity index (χ2v) is 7.53. The van der Waals surface area contributed by atoms with Crippen LogP contribution in [-0.2, 0) is 4.79 Å². The average molecular weight is 346 g/mol. The molecule has 0 spiro atoms. The number of hydrogen-bond acceptors (Lipinski definition) is 5. The van der Waals surface area contributed by atoms with Crippen LogP contribution in [-0.4, -0.2) is 50.6 Å².